The summed E-state index contributed by atoms with van der Waals surface area (Å²) in [5, 5.41) is 29.6. The average molecular weight is 581 g/mol. The normalized spacial score (nSPS) is 13.7. The molecule has 2 aromatic heterocycles. The minimum Gasteiger partial charge on any atom is -0.480 e. The molecule has 3 amide bonds. The number of nitrogens with one attached hydrogen (secondary N) is 1. The number of imide groups is 1. The van der Waals surface area contributed by atoms with Gasteiger partial charge in [0.1, 0.15) is 17.6 Å². The van der Waals surface area contributed by atoms with Gasteiger partial charge in [-0.15, -0.1) is 5.10 Å². The van der Waals surface area contributed by atoms with Crippen LogP contribution in [-0.4, -0.2) is 78.6 Å². The monoisotopic (exact) mass is 580 g/mol. The molecule has 0 saturated heterocycles. The average Bonchev–Trinajstić information content (AvgIpc) is 3.45. The van der Waals surface area contributed by atoms with Crippen molar-refractivity contribution < 1.29 is 34.2 Å². The molecule has 0 bridgehead atoms. The first-order valence-corrected chi connectivity index (χ1v) is 13.4. The molecule has 0 saturated carbocycles. The Morgan fingerprint density at radius 3 is 2.19 bits per heavy atom. The van der Waals surface area contributed by atoms with E-state index in [1.54, 1.807) is 26.2 Å². The Bertz CT molecular complexity index is 1420. The van der Waals surface area contributed by atoms with Gasteiger partial charge in [-0.05, 0) is 43.9 Å². The second kappa shape index (κ2) is 16.5. The number of aliphatic carboxylic acids is 2. The van der Waals surface area contributed by atoms with Gasteiger partial charge in [-0.25, -0.2) is 4.79 Å². The number of unbranched alkanes of at least 4 members (excludes halogenated alkanes) is 2. The molecule has 224 valence electrons. The van der Waals surface area contributed by atoms with E-state index in [4.69, 9.17) is 15.9 Å². The quantitative estimate of drug-likeness (QED) is 0.202. The number of carbonyl (C=O) groups is 5. The molecule has 2 atom stereocenters. The van der Waals surface area contributed by atoms with Crippen LogP contribution in [0.5, 0.6) is 0 Å². The fraction of sp³-hybridized carbons (Fsp3) is 0.379. The third-order valence-corrected chi connectivity index (χ3v) is 6.09. The van der Waals surface area contributed by atoms with Crippen LogP contribution in [0.25, 0.3) is 21.8 Å². The summed E-state index contributed by atoms with van der Waals surface area (Å²) in [7, 11) is 0. The maximum Gasteiger partial charge on any atom is 0.326 e. The van der Waals surface area contributed by atoms with Crippen LogP contribution in [0.3, 0.4) is 0 Å². The lowest BCUT2D eigenvalue weighted by molar-refractivity contribution is -0.143. The zero-order chi connectivity index (χ0) is 31.2. The molecule has 13 nitrogen and oxygen atoms in total. The Morgan fingerprint density at radius 1 is 0.929 bits per heavy atom. The van der Waals surface area contributed by atoms with Gasteiger partial charge in [0.05, 0.1) is 5.52 Å². The lowest BCUT2D eigenvalue weighted by atomic mass is 10.0. The predicted molar refractivity (Wildman–Crippen MR) is 155 cm³/mol. The molecule has 0 unspecified atom stereocenters. The van der Waals surface area contributed by atoms with Gasteiger partial charge in [-0.2, -0.15) is 5.10 Å². The topological polar surface area (TPSA) is 206 Å². The van der Waals surface area contributed by atoms with E-state index in [1.165, 1.54) is 24.0 Å². The molecule has 3 heterocycles. The van der Waals surface area contributed by atoms with E-state index in [9.17, 15) is 24.0 Å². The molecule has 13 heteroatoms. The molecular formula is C29H36N6O7. The number of carboxylic acids is 2. The van der Waals surface area contributed by atoms with Crippen molar-refractivity contribution in [2.75, 3.05) is 6.54 Å². The highest BCUT2D eigenvalue weighted by atomic mass is 16.4. The minimum atomic E-state index is -1.04. The maximum absolute atomic E-state index is 11.7. The smallest absolute Gasteiger partial charge is 0.326 e. The number of nitrogens with two attached hydrogens (primary N) is 1. The van der Waals surface area contributed by atoms with Crippen LogP contribution in [0.15, 0.2) is 54.9 Å². The first-order chi connectivity index (χ1) is 19.9. The molecule has 0 aliphatic carbocycles. The largest absolute Gasteiger partial charge is 0.480 e. The first kappa shape index (κ1) is 33.4. The van der Waals surface area contributed by atoms with Gasteiger partial charge in [0.2, 0.25) is 5.91 Å². The maximum atomic E-state index is 11.7. The Morgan fingerprint density at radius 2 is 1.60 bits per heavy atom. The second-order valence-corrected chi connectivity index (χ2v) is 9.83. The summed E-state index contributed by atoms with van der Waals surface area (Å²) in [5.74, 6) is -3.08. The summed E-state index contributed by atoms with van der Waals surface area (Å²) in [6.45, 7) is 5.23. The van der Waals surface area contributed by atoms with Crippen molar-refractivity contribution in [3.05, 3.63) is 54.9 Å². The van der Waals surface area contributed by atoms with Crippen molar-refractivity contribution in [2.24, 2.45) is 11.7 Å². The van der Waals surface area contributed by atoms with E-state index < -0.39 is 24.0 Å². The first-order valence-electron chi connectivity index (χ1n) is 13.4. The lowest BCUT2D eigenvalue weighted by Gasteiger charge is -2.18. The fourth-order valence-corrected chi connectivity index (χ4v) is 3.75. The molecule has 5 N–H and O–H groups in total. The highest BCUT2D eigenvalue weighted by Crippen LogP contribution is 2.21. The van der Waals surface area contributed by atoms with Crippen molar-refractivity contribution >= 4 is 51.5 Å². The van der Waals surface area contributed by atoms with E-state index in [2.05, 4.69) is 20.5 Å². The van der Waals surface area contributed by atoms with Crippen molar-refractivity contribution in [3.63, 3.8) is 0 Å². The van der Waals surface area contributed by atoms with E-state index in [0.29, 0.717) is 25.8 Å². The molecular weight excluding hydrogens is 544 g/mol. The van der Waals surface area contributed by atoms with Gasteiger partial charge in [0.25, 0.3) is 11.8 Å². The van der Waals surface area contributed by atoms with Crippen LogP contribution in [0.4, 0.5) is 0 Å². The molecule has 1 aliphatic rings. The van der Waals surface area contributed by atoms with E-state index in [1.807, 2.05) is 30.3 Å². The summed E-state index contributed by atoms with van der Waals surface area (Å²) < 4.78 is 0. The highest BCUT2D eigenvalue weighted by molar-refractivity contribution is 6.12. The summed E-state index contributed by atoms with van der Waals surface area (Å²) in [5.41, 5.74) is 6.71. The molecule has 0 spiro atoms. The van der Waals surface area contributed by atoms with Gasteiger partial charge in [0, 0.05) is 48.3 Å². The van der Waals surface area contributed by atoms with Crippen molar-refractivity contribution in [3.8, 4) is 0 Å². The molecule has 3 aromatic rings. The fourth-order valence-electron chi connectivity index (χ4n) is 3.75. The number of fused-ring (bicyclic) bond motifs is 3. The molecule has 1 aliphatic heterocycles. The number of benzene rings is 1. The van der Waals surface area contributed by atoms with Crippen molar-refractivity contribution in [2.45, 2.75) is 58.5 Å². The molecule has 1 aromatic carbocycles. The lowest BCUT2D eigenvalue weighted by Crippen LogP contribution is -2.44. The Labute approximate surface area is 242 Å². The van der Waals surface area contributed by atoms with Crippen LogP contribution in [0.2, 0.25) is 0 Å². The number of carbonyl (C=O) groups excluding carboxylic acids is 3. The summed E-state index contributed by atoms with van der Waals surface area (Å²) >= 11 is 0. The van der Waals surface area contributed by atoms with Gasteiger partial charge < -0.3 is 21.3 Å². The van der Waals surface area contributed by atoms with Crippen molar-refractivity contribution in [1.29, 1.82) is 0 Å². The summed E-state index contributed by atoms with van der Waals surface area (Å²) in [6, 6.07) is 8.26. The molecule has 42 heavy (non-hydrogen) atoms. The zero-order valence-corrected chi connectivity index (χ0v) is 23.8. The number of amides is 3. The van der Waals surface area contributed by atoms with Crippen molar-refractivity contribution in [1.82, 2.24) is 25.4 Å². The van der Waals surface area contributed by atoms with Gasteiger partial charge >= 0.3 is 11.9 Å². The number of carboxylic acid groups (broad SMARTS) is 2. The Hall–Kier alpha value is -4.78. The molecule has 4 rings (SSSR count). The third-order valence-electron chi connectivity index (χ3n) is 6.09. The zero-order valence-electron chi connectivity index (χ0n) is 23.8. The third kappa shape index (κ3) is 10.3. The minimum absolute atomic E-state index is 0.179. The van der Waals surface area contributed by atoms with Crippen LogP contribution >= 0.6 is 0 Å². The van der Waals surface area contributed by atoms with E-state index in [-0.39, 0.29) is 30.1 Å². The highest BCUT2D eigenvalue weighted by Gasteiger charge is 2.24. The molecule has 0 radical (unpaired) electrons. The van der Waals surface area contributed by atoms with E-state index >= 15 is 0 Å². The number of aromatic nitrogens is 3. The van der Waals surface area contributed by atoms with Crippen LogP contribution in [-0.2, 0) is 24.0 Å². The van der Waals surface area contributed by atoms with Gasteiger partial charge in [-0.3, -0.25) is 29.1 Å². The number of hydrogen-bond acceptors (Lipinski definition) is 9. The van der Waals surface area contributed by atoms with Crippen LogP contribution in [0, 0.1) is 5.92 Å². The number of rotatable bonds is 10. The van der Waals surface area contributed by atoms with E-state index in [0.717, 1.165) is 21.8 Å². The van der Waals surface area contributed by atoms with Crippen LogP contribution in [0.1, 0.15) is 46.5 Å². The Balaban J connectivity index is 0.000000259. The predicted octanol–water partition coefficient (Wildman–Crippen LogP) is 2.29. The molecule has 0 fully saturated rings. The van der Waals surface area contributed by atoms with Gasteiger partial charge in [-0.1, -0.05) is 32.4 Å². The number of nitrogens with zero attached hydrogens (tertiary/aromatic N) is 4. The van der Waals surface area contributed by atoms with Crippen LogP contribution < -0.4 is 11.1 Å². The second-order valence-electron chi connectivity index (χ2n) is 9.83. The summed E-state index contributed by atoms with van der Waals surface area (Å²) in [4.78, 5) is 60.2. The van der Waals surface area contributed by atoms with Gasteiger partial charge in [0.15, 0.2) is 0 Å². The standard InChI is InChI=1S/C15H22N2O5.C11H7N3.C3H7NO2/c1-10(2)14(15(21)22)16-11(18)6-4-3-5-9-17-12(19)7-8-13(17)20;1-2-8-3-4-10-9(5-7-12-10)11(8)14-13-6-1;1-2(4)3(5)6/h7-8,10,14H,3-6,9H2,1-2H3,(H,16,18)(H,21,22);1-7H;2H,4H2,1H3,(H,5,6)/t14-;;2-/m0.0/s1. The Kier molecular flexibility index (Phi) is 13.1. The summed E-state index contributed by atoms with van der Waals surface area (Å²) in [6.07, 6.45) is 8.09. The number of hydrogen-bond donors (Lipinski definition) is 4. The SMILES string of the molecule is CC(C)[C@H](NC(=O)CCCCCN1C(=O)C=CC1=O)C(=O)O.C[C@H](N)C(=O)O.c1cnnc2c(c1)ccc1nccc12.